The number of benzene rings is 2. The lowest BCUT2D eigenvalue weighted by atomic mass is 10.1. The van der Waals surface area contributed by atoms with E-state index in [0.717, 1.165) is 35.4 Å². The molecule has 0 unspecified atom stereocenters. The van der Waals surface area contributed by atoms with Crippen LogP contribution in [0.15, 0.2) is 60.8 Å². The lowest BCUT2D eigenvalue weighted by molar-refractivity contribution is -0.122. The Bertz CT molecular complexity index is 1820. The maximum atomic E-state index is 13.0. The van der Waals surface area contributed by atoms with Gasteiger partial charge in [0.25, 0.3) is 5.91 Å². The standard InChI is InChI=1S/C35H36Cl2N6O4/c1-22-18-29(43-16-5-4-6-17-43)24-8-7-9-30(34(24)41-22)47-21-25-26(36)12-14-28(33(25)37)42(3)32(45)20-40-31(44)15-11-23-10-13-27(39-19-23)35(46)38-2/h7-15,18-19H,4-6,16-17,20-21H2,1-3H3,(H,38,46)(H,40,44)/b15-11+. The number of nitrogens with zero attached hydrogens (tertiary/aromatic N) is 4. The number of fused-ring (bicyclic) bond motifs is 1. The first kappa shape index (κ1) is 33.7. The van der Waals surface area contributed by atoms with Gasteiger partial charge in [-0.3, -0.25) is 19.4 Å². The minimum Gasteiger partial charge on any atom is -0.487 e. The number of hydrogen-bond acceptors (Lipinski definition) is 7. The maximum absolute atomic E-state index is 13.0. The summed E-state index contributed by atoms with van der Waals surface area (Å²) in [5, 5.41) is 6.77. The fourth-order valence-corrected chi connectivity index (χ4v) is 5.99. The molecule has 3 amide bonds. The molecule has 0 radical (unpaired) electrons. The van der Waals surface area contributed by atoms with E-state index < -0.39 is 11.8 Å². The summed E-state index contributed by atoms with van der Waals surface area (Å²) in [4.78, 5) is 49.7. The number of para-hydroxylation sites is 1. The Morgan fingerprint density at radius 1 is 1.06 bits per heavy atom. The number of pyridine rings is 2. The van der Waals surface area contributed by atoms with Gasteiger partial charge in [0.15, 0.2) is 0 Å². The highest BCUT2D eigenvalue weighted by molar-refractivity contribution is 6.38. The first-order valence-corrected chi connectivity index (χ1v) is 16.1. The van der Waals surface area contributed by atoms with E-state index >= 15 is 0 Å². The van der Waals surface area contributed by atoms with E-state index in [9.17, 15) is 14.4 Å². The number of hydrogen-bond donors (Lipinski definition) is 2. The van der Waals surface area contributed by atoms with Crippen molar-refractivity contribution in [3.05, 3.63) is 93.4 Å². The van der Waals surface area contributed by atoms with Crippen molar-refractivity contribution in [2.24, 2.45) is 0 Å². The van der Waals surface area contributed by atoms with E-state index in [1.54, 1.807) is 31.3 Å². The van der Waals surface area contributed by atoms with Crippen molar-refractivity contribution in [1.29, 1.82) is 0 Å². The first-order valence-electron chi connectivity index (χ1n) is 15.3. The number of likely N-dealkylation sites (N-methyl/N-ethyl adjacent to an activating group) is 1. The molecule has 0 aliphatic carbocycles. The topological polar surface area (TPSA) is 117 Å². The summed E-state index contributed by atoms with van der Waals surface area (Å²) < 4.78 is 6.28. The monoisotopic (exact) mass is 674 g/mol. The Morgan fingerprint density at radius 2 is 1.85 bits per heavy atom. The zero-order valence-corrected chi connectivity index (χ0v) is 28.0. The van der Waals surface area contributed by atoms with Crippen LogP contribution in [-0.2, 0) is 16.2 Å². The third-order valence-electron chi connectivity index (χ3n) is 7.97. The molecule has 3 heterocycles. The lowest BCUT2D eigenvalue weighted by Gasteiger charge is -2.30. The van der Waals surface area contributed by atoms with E-state index in [2.05, 4.69) is 32.7 Å². The molecule has 0 atom stereocenters. The molecule has 2 aromatic carbocycles. The van der Waals surface area contributed by atoms with Crippen molar-refractivity contribution in [3.8, 4) is 5.75 Å². The third-order valence-corrected chi connectivity index (χ3v) is 8.74. The van der Waals surface area contributed by atoms with Crippen molar-refractivity contribution in [2.45, 2.75) is 32.8 Å². The van der Waals surface area contributed by atoms with Gasteiger partial charge in [-0.1, -0.05) is 41.4 Å². The number of carbonyl (C=O) groups is 3. The van der Waals surface area contributed by atoms with Gasteiger partial charge in [0.1, 0.15) is 23.6 Å². The molecule has 2 N–H and O–H groups in total. The largest absolute Gasteiger partial charge is 0.487 e. The molecule has 1 aliphatic rings. The Labute approximate surface area is 283 Å². The Hall–Kier alpha value is -4.67. The van der Waals surface area contributed by atoms with E-state index in [1.165, 1.54) is 49.6 Å². The lowest BCUT2D eigenvalue weighted by Crippen LogP contribution is -2.37. The van der Waals surface area contributed by atoms with Crippen LogP contribution in [0.4, 0.5) is 11.4 Å². The number of amides is 3. The molecule has 1 saturated heterocycles. The second-order valence-corrected chi connectivity index (χ2v) is 12.0. The third kappa shape index (κ3) is 8.01. The van der Waals surface area contributed by atoms with E-state index in [-0.39, 0.29) is 29.8 Å². The minimum absolute atomic E-state index is 0.0573. The molecule has 0 saturated carbocycles. The summed E-state index contributed by atoms with van der Waals surface area (Å²) in [6.07, 6.45) is 7.88. The van der Waals surface area contributed by atoms with Crippen LogP contribution in [0, 0.1) is 6.92 Å². The van der Waals surface area contributed by atoms with Gasteiger partial charge < -0.3 is 25.2 Å². The molecule has 47 heavy (non-hydrogen) atoms. The molecule has 1 aliphatic heterocycles. The van der Waals surface area contributed by atoms with Crippen LogP contribution < -0.4 is 25.2 Å². The van der Waals surface area contributed by atoms with E-state index in [1.807, 2.05) is 19.1 Å². The van der Waals surface area contributed by atoms with Crippen LogP contribution in [0.3, 0.4) is 0 Å². The van der Waals surface area contributed by atoms with E-state index in [4.69, 9.17) is 32.9 Å². The zero-order valence-electron chi connectivity index (χ0n) is 26.5. The molecule has 0 bridgehead atoms. The molecule has 10 nitrogen and oxygen atoms in total. The Morgan fingerprint density at radius 3 is 2.57 bits per heavy atom. The molecule has 0 spiro atoms. The Balaban J connectivity index is 1.25. The number of nitrogens with one attached hydrogen (secondary N) is 2. The van der Waals surface area contributed by atoms with E-state index in [0.29, 0.717) is 27.6 Å². The number of carbonyl (C=O) groups excluding carboxylic acids is 3. The quantitative estimate of drug-likeness (QED) is 0.199. The van der Waals surface area contributed by atoms with Crippen molar-refractivity contribution in [2.75, 3.05) is 43.5 Å². The highest BCUT2D eigenvalue weighted by atomic mass is 35.5. The zero-order chi connectivity index (χ0) is 33.5. The predicted octanol–water partition coefficient (Wildman–Crippen LogP) is 5.97. The second kappa shape index (κ2) is 15.3. The van der Waals surface area contributed by atoms with Crippen molar-refractivity contribution >= 4 is 69.3 Å². The highest BCUT2D eigenvalue weighted by Gasteiger charge is 2.21. The second-order valence-electron chi connectivity index (χ2n) is 11.2. The molecule has 2 aromatic heterocycles. The van der Waals surface area contributed by atoms with Gasteiger partial charge in [0, 0.05) is 66.8 Å². The van der Waals surface area contributed by atoms with Crippen LogP contribution in [0.1, 0.15) is 46.6 Å². The summed E-state index contributed by atoms with van der Waals surface area (Å²) >= 11 is 13.4. The van der Waals surface area contributed by atoms with Crippen molar-refractivity contribution in [3.63, 3.8) is 0 Å². The average molecular weight is 676 g/mol. The summed E-state index contributed by atoms with van der Waals surface area (Å²) in [5.74, 6) is -0.556. The predicted molar refractivity (Wildman–Crippen MR) is 186 cm³/mol. The van der Waals surface area contributed by atoms with Crippen LogP contribution in [0.25, 0.3) is 17.0 Å². The summed E-state index contributed by atoms with van der Waals surface area (Å²) in [6.45, 7) is 3.81. The fraction of sp³-hybridized carbons (Fsp3) is 0.286. The van der Waals surface area contributed by atoms with Gasteiger partial charge in [0.2, 0.25) is 11.8 Å². The number of halogens is 2. The Kier molecular flexibility index (Phi) is 11.0. The first-order chi connectivity index (χ1) is 22.7. The number of anilines is 2. The summed E-state index contributed by atoms with van der Waals surface area (Å²) in [7, 11) is 3.09. The van der Waals surface area contributed by atoms with Crippen molar-refractivity contribution < 1.29 is 19.1 Å². The van der Waals surface area contributed by atoms with Gasteiger partial charge in [-0.25, -0.2) is 4.98 Å². The maximum Gasteiger partial charge on any atom is 0.269 e. The molecular formula is C35H36Cl2N6O4. The SMILES string of the molecule is CNC(=O)c1ccc(/C=C/C(=O)NCC(=O)N(C)c2ccc(Cl)c(COc3cccc4c(N5CCCCC5)cc(C)nc34)c2Cl)cn1. The van der Waals surface area contributed by atoms with Gasteiger partial charge in [-0.15, -0.1) is 0 Å². The number of piperidine rings is 1. The van der Waals surface area contributed by atoms with Crippen LogP contribution in [0.5, 0.6) is 5.75 Å². The van der Waals surface area contributed by atoms with Crippen LogP contribution in [0.2, 0.25) is 10.0 Å². The molecule has 5 rings (SSSR count). The van der Waals surface area contributed by atoms with Gasteiger partial charge in [-0.2, -0.15) is 0 Å². The van der Waals surface area contributed by atoms with Gasteiger partial charge in [0.05, 0.1) is 17.3 Å². The highest BCUT2D eigenvalue weighted by Crippen LogP contribution is 2.37. The molecular weight excluding hydrogens is 639 g/mol. The molecule has 4 aromatic rings. The van der Waals surface area contributed by atoms with Gasteiger partial charge in [-0.05, 0) is 68.2 Å². The minimum atomic E-state index is -0.471. The van der Waals surface area contributed by atoms with Gasteiger partial charge >= 0.3 is 0 Å². The van der Waals surface area contributed by atoms with Crippen LogP contribution >= 0.6 is 23.2 Å². The number of ether oxygens (including phenoxy) is 1. The summed E-state index contributed by atoms with van der Waals surface area (Å²) in [5.41, 5.74) is 4.66. The summed E-state index contributed by atoms with van der Waals surface area (Å²) in [6, 6.07) is 14.6. The average Bonchev–Trinajstić information content (AvgIpc) is 3.09. The van der Waals surface area contributed by atoms with Crippen molar-refractivity contribution in [1.82, 2.24) is 20.6 Å². The van der Waals surface area contributed by atoms with Crippen LogP contribution in [-0.4, -0.2) is 61.4 Å². The fourth-order valence-electron chi connectivity index (χ4n) is 5.38. The smallest absolute Gasteiger partial charge is 0.269 e. The number of rotatable bonds is 10. The normalized spacial score (nSPS) is 13.1. The number of aryl methyl sites for hydroxylation is 1. The molecule has 1 fully saturated rings. The molecule has 244 valence electrons. The molecule has 12 heteroatoms. The number of aromatic nitrogens is 2.